The predicted octanol–water partition coefficient (Wildman–Crippen LogP) is 5.10. The number of aryl methyl sites for hydroxylation is 1. The maximum atomic E-state index is 6.45. The van der Waals surface area contributed by atoms with Crippen molar-refractivity contribution in [3.8, 4) is 0 Å². The summed E-state index contributed by atoms with van der Waals surface area (Å²) in [5.74, 6) is 1.19. The van der Waals surface area contributed by atoms with Crippen LogP contribution in [0.15, 0.2) is 48.9 Å². The van der Waals surface area contributed by atoms with Gasteiger partial charge in [-0.05, 0) is 82.7 Å². The molecule has 0 spiro atoms. The lowest BCUT2D eigenvalue weighted by Gasteiger charge is -2.24. The van der Waals surface area contributed by atoms with E-state index in [1.807, 2.05) is 26.0 Å². The van der Waals surface area contributed by atoms with Crippen molar-refractivity contribution in [2.75, 3.05) is 11.1 Å². The molecule has 8 heteroatoms. The number of ether oxygens (including phenoxy) is 2. The third-order valence-corrected chi connectivity index (χ3v) is 7.45. The average molecular weight is 487 g/mol. The molecule has 0 amide bonds. The first-order valence-corrected chi connectivity index (χ1v) is 12.9. The molecule has 4 heterocycles. The second-order valence-electron chi connectivity index (χ2n) is 10.9. The Hall–Kier alpha value is -3.23. The van der Waals surface area contributed by atoms with Crippen LogP contribution >= 0.6 is 0 Å². The summed E-state index contributed by atoms with van der Waals surface area (Å²) < 4.78 is 15.1. The predicted molar refractivity (Wildman–Crippen MR) is 142 cm³/mol. The molecule has 0 unspecified atom stereocenters. The largest absolute Gasteiger partial charge is 0.383 e. The number of nitrogens with one attached hydrogen (secondary N) is 1. The molecule has 188 valence electrons. The van der Waals surface area contributed by atoms with E-state index in [1.54, 1.807) is 0 Å². The Morgan fingerprint density at radius 2 is 1.92 bits per heavy atom. The summed E-state index contributed by atoms with van der Waals surface area (Å²) >= 11 is 0. The van der Waals surface area contributed by atoms with Gasteiger partial charge in [-0.2, -0.15) is 0 Å². The van der Waals surface area contributed by atoms with Crippen molar-refractivity contribution >= 4 is 33.6 Å². The van der Waals surface area contributed by atoms with Gasteiger partial charge >= 0.3 is 0 Å². The van der Waals surface area contributed by atoms with Crippen LogP contribution in [0.2, 0.25) is 0 Å². The molecule has 4 aromatic rings. The highest BCUT2D eigenvalue weighted by molar-refractivity contribution is 5.86. The molecule has 8 nitrogen and oxygen atoms in total. The number of anilines is 2. The van der Waals surface area contributed by atoms with Crippen LogP contribution < -0.4 is 11.1 Å². The Morgan fingerprint density at radius 3 is 2.75 bits per heavy atom. The van der Waals surface area contributed by atoms with Crippen LogP contribution in [0.1, 0.15) is 52.1 Å². The van der Waals surface area contributed by atoms with Crippen molar-refractivity contribution in [1.82, 2.24) is 19.5 Å². The lowest BCUT2D eigenvalue weighted by atomic mass is 9.95. The first kappa shape index (κ1) is 23.2. The zero-order valence-electron chi connectivity index (χ0n) is 21.3. The van der Waals surface area contributed by atoms with Gasteiger partial charge in [-0.1, -0.05) is 12.1 Å². The van der Waals surface area contributed by atoms with Gasteiger partial charge in [0, 0.05) is 17.6 Å². The fourth-order valence-electron chi connectivity index (χ4n) is 5.92. The second-order valence-corrected chi connectivity index (χ2v) is 10.9. The Morgan fingerprint density at radius 1 is 1.11 bits per heavy atom. The van der Waals surface area contributed by atoms with Crippen molar-refractivity contribution in [2.45, 2.75) is 77.0 Å². The minimum absolute atomic E-state index is 0.0280. The van der Waals surface area contributed by atoms with Crippen LogP contribution in [0.3, 0.4) is 0 Å². The number of hydrogen-bond acceptors (Lipinski definition) is 7. The maximum absolute atomic E-state index is 6.45. The van der Waals surface area contributed by atoms with E-state index >= 15 is 0 Å². The van der Waals surface area contributed by atoms with Crippen LogP contribution in [0.5, 0.6) is 0 Å². The van der Waals surface area contributed by atoms with Gasteiger partial charge in [0.2, 0.25) is 0 Å². The minimum Gasteiger partial charge on any atom is -0.383 e. The molecule has 3 aromatic heterocycles. The van der Waals surface area contributed by atoms with Gasteiger partial charge in [-0.3, -0.25) is 0 Å². The molecular formula is C28H34N6O2. The number of benzene rings is 1. The third-order valence-electron chi connectivity index (χ3n) is 7.45. The Kier molecular flexibility index (Phi) is 5.61. The molecule has 36 heavy (non-hydrogen) atoms. The second kappa shape index (κ2) is 8.71. The van der Waals surface area contributed by atoms with Gasteiger partial charge in [-0.15, -0.1) is 0 Å². The summed E-state index contributed by atoms with van der Waals surface area (Å²) in [6, 6.07) is 13.3. The normalized spacial score (nSPS) is 25.1. The first-order valence-electron chi connectivity index (χ1n) is 12.9. The molecule has 2 fully saturated rings. The molecule has 1 aromatic carbocycles. The Labute approximate surface area is 211 Å². The minimum atomic E-state index is -0.601. The zero-order valence-corrected chi connectivity index (χ0v) is 21.3. The molecule has 3 N–H and O–H groups in total. The number of aromatic nitrogens is 4. The number of nitrogen functional groups attached to an aromatic ring is 1. The summed E-state index contributed by atoms with van der Waals surface area (Å²) in [6.07, 6.45) is 6.56. The highest BCUT2D eigenvalue weighted by atomic mass is 16.8. The van der Waals surface area contributed by atoms with Crippen molar-refractivity contribution in [1.29, 1.82) is 0 Å². The number of nitrogens with two attached hydrogens (primary N) is 1. The van der Waals surface area contributed by atoms with Crippen molar-refractivity contribution in [2.24, 2.45) is 5.92 Å². The lowest BCUT2D eigenvalue weighted by Crippen LogP contribution is -2.27. The summed E-state index contributed by atoms with van der Waals surface area (Å²) in [5.41, 5.74) is 9.27. The number of nitrogens with zero attached hydrogens (tertiary/aromatic N) is 4. The highest BCUT2D eigenvalue weighted by Gasteiger charge is 2.54. The lowest BCUT2D eigenvalue weighted by molar-refractivity contribution is -0.160. The Balaban J connectivity index is 1.24. The quantitative estimate of drug-likeness (QED) is 0.391. The fraction of sp³-hybridized carbons (Fsp3) is 0.464. The van der Waals surface area contributed by atoms with E-state index in [4.69, 9.17) is 20.2 Å². The van der Waals surface area contributed by atoms with Crippen molar-refractivity contribution in [3.05, 3.63) is 54.5 Å². The van der Waals surface area contributed by atoms with Gasteiger partial charge in [-0.25, -0.2) is 15.0 Å². The molecule has 1 aliphatic heterocycles. The van der Waals surface area contributed by atoms with Gasteiger partial charge in [0.15, 0.2) is 5.79 Å². The smallest absolute Gasteiger partial charge is 0.163 e. The van der Waals surface area contributed by atoms with E-state index in [1.165, 1.54) is 11.9 Å². The van der Waals surface area contributed by atoms with E-state index in [9.17, 15) is 0 Å². The van der Waals surface area contributed by atoms with Crippen LogP contribution in [0.4, 0.5) is 11.6 Å². The molecule has 0 bridgehead atoms. The van der Waals surface area contributed by atoms with E-state index in [2.05, 4.69) is 64.2 Å². The highest BCUT2D eigenvalue weighted by Crippen LogP contribution is 2.49. The van der Waals surface area contributed by atoms with E-state index < -0.39 is 5.79 Å². The molecular weight excluding hydrogens is 452 g/mol. The standard InChI is InChI=1S/C28H34N6O2/c1-16(2)32-23-10-9-18-7-5-17(13-21(18)33-23)6-8-19-14-22(25-24(19)35-28(3,4)36-25)34-12-11-20-26(29)30-15-31-27(20)34/h5,7,9-13,15-16,19,22,24-25H,6,8,14H2,1-4H3,(H,32,33)(H2,29,30,31)/t19-,22+,24+,25-/m0/s1. The molecule has 1 aliphatic carbocycles. The SMILES string of the molecule is CC(C)Nc1ccc2ccc(CC[C@H]3C[C@@H](n4ccc5c(N)ncnc54)[C@@H]4OC(C)(C)O[C@H]34)cc2n1. The molecule has 4 atom stereocenters. The van der Waals surface area contributed by atoms with E-state index in [-0.39, 0.29) is 18.2 Å². The van der Waals surface area contributed by atoms with Crippen LogP contribution in [0.25, 0.3) is 21.9 Å². The van der Waals surface area contributed by atoms with Crippen LogP contribution in [0, 0.1) is 5.92 Å². The van der Waals surface area contributed by atoms with Gasteiger partial charge in [0.05, 0.1) is 23.0 Å². The Bertz CT molecular complexity index is 1410. The van der Waals surface area contributed by atoms with Crippen molar-refractivity contribution < 1.29 is 9.47 Å². The van der Waals surface area contributed by atoms with E-state index in [0.717, 1.165) is 47.0 Å². The summed E-state index contributed by atoms with van der Waals surface area (Å²) in [7, 11) is 0. The fourth-order valence-corrected chi connectivity index (χ4v) is 5.92. The zero-order chi connectivity index (χ0) is 25.0. The maximum Gasteiger partial charge on any atom is 0.163 e. The monoisotopic (exact) mass is 486 g/mol. The molecule has 1 saturated carbocycles. The van der Waals surface area contributed by atoms with Crippen LogP contribution in [-0.2, 0) is 15.9 Å². The average Bonchev–Trinajstić information content (AvgIpc) is 3.48. The van der Waals surface area contributed by atoms with Gasteiger partial charge < -0.3 is 25.1 Å². The van der Waals surface area contributed by atoms with Crippen LogP contribution in [-0.4, -0.2) is 43.6 Å². The molecule has 6 rings (SSSR count). The third kappa shape index (κ3) is 4.18. The molecule has 0 radical (unpaired) electrons. The summed E-state index contributed by atoms with van der Waals surface area (Å²) in [4.78, 5) is 13.5. The van der Waals surface area contributed by atoms with Gasteiger partial charge in [0.1, 0.15) is 29.7 Å². The molecule has 2 aliphatic rings. The number of hydrogen-bond donors (Lipinski definition) is 2. The van der Waals surface area contributed by atoms with Crippen molar-refractivity contribution in [3.63, 3.8) is 0 Å². The number of fused-ring (bicyclic) bond motifs is 3. The number of rotatable bonds is 6. The first-order chi connectivity index (χ1) is 17.3. The summed E-state index contributed by atoms with van der Waals surface area (Å²) in [5, 5.41) is 5.44. The topological polar surface area (TPSA) is 100 Å². The number of pyridine rings is 1. The van der Waals surface area contributed by atoms with E-state index in [0.29, 0.717) is 17.8 Å². The summed E-state index contributed by atoms with van der Waals surface area (Å²) in [6.45, 7) is 8.26. The molecule has 1 saturated heterocycles. The van der Waals surface area contributed by atoms with Gasteiger partial charge in [0.25, 0.3) is 0 Å².